The van der Waals surface area contributed by atoms with Crippen LogP contribution in [0.25, 0.3) is 5.69 Å². The molecule has 2 rings (SSSR count). The van der Waals surface area contributed by atoms with Crippen LogP contribution < -0.4 is 10.3 Å². The van der Waals surface area contributed by atoms with Crippen LogP contribution in [0, 0.1) is 13.8 Å². The van der Waals surface area contributed by atoms with Gasteiger partial charge in [-0.3, -0.25) is 9.36 Å². The summed E-state index contributed by atoms with van der Waals surface area (Å²) in [7, 11) is 0. The van der Waals surface area contributed by atoms with Crippen molar-refractivity contribution in [1.82, 2.24) is 4.57 Å². The molecular formula is C15H17NO2. The number of hydrogen-bond donors (Lipinski definition) is 0. The van der Waals surface area contributed by atoms with Gasteiger partial charge in [0.05, 0.1) is 12.3 Å². The van der Waals surface area contributed by atoms with Crippen molar-refractivity contribution >= 4 is 0 Å². The first-order valence-corrected chi connectivity index (χ1v) is 6.05. The molecule has 0 saturated carbocycles. The lowest BCUT2D eigenvalue weighted by Crippen LogP contribution is -2.17. The number of rotatable bonds is 3. The van der Waals surface area contributed by atoms with Gasteiger partial charge in [-0.05, 0) is 50.1 Å². The van der Waals surface area contributed by atoms with Crippen molar-refractivity contribution in [3.8, 4) is 11.4 Å². The molecule has 18 heavy (non-hydrogen) atoms. The summed E-state index contributed by atoms with van der Waals surface area (Å²) in [4.78, 5) is 11.9. The highest BCUT2D eigenvalue weighted by Gasteiger charge is 2.05. The van der Waals surface area contributed by atoms with Crippen molar-refractivity contribution in [3.05, 3.63) is 58.0 Å². The van der Waals surface area contributed by atoms with Crippen LogP contribution in [0.15, 0.2) is 41.3 Å². The molecular weight excluding hydrogens is 226 g/mol. The number of pyridine rings is 1. The van der Waals surface area contributed by atoms with Gasteiger partial charge in [-0.1, -0.05) is 6.07 Å². The Morgan fingerprint density at radius 1 is 1.17 bits per heavy atom. The number of aryl methyl sites for hydroxylation is 2. The van der Waals surface area contributed by atoms with E-state index in [9.17, 15) is 4.79 Å². The minimum Gasteiger partial charge on any atom is -0.494 e. The summed E-state index contributed by atoms with van der Waals surface area (Å²) in [5, 5.41) is 0. The molecule has 3 nitrogen and oxygen atoms in total. The van der Waals surface area contributed by atoms with Gasteiger partial charge < -0.3 is 4.74 Å². The molecule has 0 fully saturated rings. The van der Waals surface area contributed by atoms with Gasteiger partial charge in [0, 0.05) is 12.3 Å². The normalized spacial score (nSPS) is 10.4. The molecule has 0 amide bonds. The summed E-state index contributed by atoms with van der Waals surface area (Å²) in [5.41, 5.74) is 2.96. The highest BCUT2D eigenvalue weighted by atomic mass is 16.5. The largest absolute Gasteiger partial charge is 0.494 e. The number of hydrogen-bond acceptors (Lipinski definition) is 2. The molecule has 0 radical (unpaired) electrons. The second-order valence-corrected chi connectivity index (χ2v) is 4.30. The fourth-order valence-corrected chi connectivity index (χ4v) is 1.94. The fraction of sp³-hybridized carbons (Fsp3) is 0.267. The first-order valence-electron chi connectivity index (χ1n) is 6.05. The summed E-state index contributed by atoms with van der Waals surface area (Å²) >= 11 is 0. The second kappa shape index (κ2) is 5.08. The molecule has 0 aliphatic rings. The molecule has 0 N–H and O–H groups in total. The van der Waals surface area contributed by atoms with Gasteiger partial charge in [-0.2, -0.15) is 0 Å². The predicted molar refractivity (Wildman–Crippen MR) is 72.7 cm³/mol. The molecule has 1 aromatic heterocycles. The lowest BCUT2D eigenvalue weighted by atomic mass is 10.2. The molecule has 2 aromatic rings. The summed E-state index contributed by atoms with van der Waals surface area (Å²) in [5.74, 6) is 0.833. The Kier molecular flexibility index (Phi) is 3.51. The lowest BCUT2D eigenvalue weighted by Gasteiger charge is -2.11. The van der Waals surface area contributed by atoms with Gasteiger partial charge in [0.25, 0.3) is 5.56 Å². The third-order valence-electron chi connectivity index (χ3n) is 2.80. The summed E-state index contributed by atoms with van der Waals surface area (Å²) in [6.45, 7) is 6.55. The maximum absolute atomic E-state index is 11.9. The van der Waals surface area contributed by atoms with E-state index in [2.05, 4.69) is 0 Å². The van der Waals surface area contributed by atoms with E-state index in [0.29, 0.717) is 6.61 Å². The lowest BCUT2D eigenvalue weighted by molar-refractivity contribution is 0.340. The summed E-state index contributed by atoms with van der Waals surface area (Å²) < 4.78 is 7.11. The van der Waals surface area contributed by atoms with Gasteiger partial charge in [0.1, 0.15) is 5.75 Å². The molecule has 0 unspecified atom stereocenters. The van der Waals surface area contributed by atoms with Gasteiger partial charge in [0.2, 0.25) is 0 Å². The Morgan fingerprint density at radius 3 is 2.61 bits per heavy atom. The zero-order valence-electron chi connectivity index (χ0n) is 10.9. The van der Waals surface area contributed by atoms with Crippen LogP contribution in [0.4, 0.5) is 0 Å². The Morgan fingerprint density at radius 2 is 1.94 bits per heavy atom. The molecule has 0 bridgehead atoms. The van der Waals surface area contributed by atoms with Gasteiger partial charge in [-0.25, -0.2) is 0 Å². The second-order valence-electron chi connectivity index (χ2n) is 4.30. The smallest absolute Gasteiger partial charge is 0.255 e. The molecule has 0 spiro atoms. The average Bonchev–Trinajstić information content (AvgIpc) is 2.33. The summed E-state index contributed by atoms with van der Waals surface area (Å²) in [6, 6.07) is 9.17. The molecule has 0 aliphatic heterocycles. The van der Waals surface area contributed by atoms with Crippen molar-refractivity contribution in [2.75, 3.05) is 6.61 Å². The van der Waals surface area contributed by atoms with Crippen LogP contribution in [0.2, 0.25) is 0 Å². The van der Waals surface area contributed by atoms with Crippen LogP contribution in [0.3, 0.4) is 0 Å². The number of nitrogens with zero attached hydrogens (tertiary/aromatic N) is 1. The minimum atomic E-state index is -0.0205. The van der Waals surface area contributed by atoms with Crippen molar-refractivity contribution in [2.45, 2.75) is 20.8 Å². The third-order valence-corrected chi connectivity index (χ3v) is 2.80. The van der Waals surface area contributed by atoms with Crippen molar-refractivity contribution in [3.63, 3.8) is 0 Å². The van der Waals surface area contributed by atoms with E-state index in [1.807, 2.05) is 51.2 Å². The highest BCUT2D eigenvalue weighted by Crippen LogP contribution is 2.19. The maximum Gasteiger partial charge on any atom is 0.255 e. The molecule has 0 aliphatic carbocycles. The topological polar surface area (TPSA) is 31.2 Å². The fourth-order valence-electron chi connectivity index (χ4n) is 1.94. The first kappa shape index (κ1) is 12.4. The van der Waals surface area contributed by atoms with Crippen molar-refractivity contribution in [1.29, 1.82) is 0 Å². The average molecular weight is 243 g/mol. The number of aromatic nitrogens is 1. The van der Waals surface area contributed by atoms with Crippen LogP contribution in [0.5, 0.6) is 5.75 Å². The van der Waals surface area contributed by atoms with E-state index in [4.69, 9.17) is 4.74 Å². The van der Waals surface area contributed by atoms with E-state index in [1.165, 1.54) is 0 Å². The maximum atomic E-state index is 11.9. The molecule has 3 heteroatoms. The first-order chi connectivity index (χ1) is 8.61. The highest BCUT2D eigenvalue weighted by molar-refractivity contribution is 5.45. The Bertz CT molecular complexity index is 614. The van der Waals surface area contributed by atoms with Crippen LogP contribution in [-0.4, -0.2) is 11.2 Å². The van der Waals surface area contributed by atoms with Gasteiger partial charge in [-0.15, -0.1) is 0 Å². The Balaban J connectivity index is 2.51. The molecule has 1 aromatic carbocycles. The zero-order chi connectivity index (χ0) is 13.1. The minimum absolute atomic E-state index is 0.0205. The van der Waals surface area contributed by atoms with Crippen molar-refractivity contribution in [2.24, 2.45) is 0 Å². The van der Waals surface area contributed by atoms with E-state index in [-0.39, 0.29) is 5.56 Å². The van der Waals surface area contributed by atoms with E-state index >= 15 is 0 Å². The zero-order valence-corrected chi connectivity index (χ0v) is 10.9. The Hall–Kier alpha value is -2.03. The third kappa shape index (κ3) is 2.45. The summed E-state index contributed by atoms with van der Waals surface area (Å²) in [6.07, 6.45) is 1.85. The van der Waals surface area contributed by atoms with E-state index in [1.54, 1.807) is 10.6 Å². The van der Waals surface area contributed by atoms with Crippen LogP contribution in [-0.2, 0) is 0 Å². The number of ether oxygens (including phenoxy) is 1. The predicted octanol–water partition coefficient (Wildman–Crippen LogP) is 2.85. The molecule has 1 heterocycles. The van der Waals surface area contributed by atoms with E-state index < -0.39 is 0 Å². The van der Waals surface area contributed by atoms with E-state index in [0.717, 1.165) is 22.6 Å². The standard InChI is InChI=1S/C15H17NO2/c1-4-18-13-6-7-14(12(3)9-13)16-10-11(2)5-8-15(16)17/h5-10H,4H2,1-3H3. The molecule has 0 saturated heterocycles. The van der Waals surface area contributed by atoms with Gasteiger partial charge in [0.15, 0.2) is 0 Å². The van der Waals surface area contributed by atoms with Gasteiger partial charge >= 0.3 is 0 Å². The SMILES string of the molecule is CCOc1ccc(-n2cc(C)ccc2=O)c(C)c1. The monoisotopic (exact) mass is 243 g/mol. The Labute approximate surface area is 107 Å². The van der Waals surface area contributed by atoms with Crippen LogP contribution >= 0.6 is 0 Å². The quantitative estimate of drug-likeness (QED) is 0.830. The number of benzene rings is 1. The van der Waals surface area contributed by atoms with Crippen LogP contribution in [0.1, 0.15) is 18.1 Å². The molecule has 94 valence electrons. The van der Waals surface area contributed by atoms with Crippen molar-refractivity contribution < 1.29 is 4.74 Å². The molecule has 0 atom stereocenters.